The van der Waals surface area contributed by atoms with Crippen molar-refractivity contribution < 1.29 is 4.39 Å². The van der Waals surface area contributed by atoms with Crippen molar-refractivity contribution in [2.24, 2.45) is 5.10 Å². The van der Waals surface area contributed by atoms with Gasteiger partial charge in [-0.15, -0.1) is 0 Å². The van der Waals surface area contributed by atoms with Crippen LogP contribution in [0.15, 0.2) is 53.6 Å². The molecule has 0 unspecified atom stereocenters. The van der Waals surface area contributed by atoms with Gasteiger partial charge in [0.25, 0.3) is 0 Å². The number of rotatable bonds is 3. The Morgan fingerprint density at radius 2 is 1.71 bits per heavy atom. The molecule has 0 aliphatic rings. The Morgan fingerprint density at radius 3 is 2.42 bits per heavy atom. The number of halogens is 4. The molecule has 122 valence electrons. The van der Waals surface area contributed by atoms with Crippen molar-refractivity contribution in [3.05, 3.63) is 65.7 Å². The van der Waals surface area contributed by atoms with Crippen LogP contribution in [0.1, 0.15) is 11.4 Å². The lowest BCUT2D eigenvalue weighted by atomic mass is 10.2. The zero-order valence-corrected chi connectivity index (χ0v) is 14.3. The molecule has 1 heterocycles. The van der Waals surface area contributed by atoms with Gasteiger partial charge in [0.15, 0.2) is 11.6 Å². The number of fused-ring (bicyclic) bond motifs is 1. The van der Waals surface area contributed by atoms with E-state index in [2.05, 4.69) is 20.5 Å². The molecule has 0 aliphatic heterocycles. The normalized spacial score (nSPS) is 12.0. The fourth-order valence-electron chi connectivity index (χ4n) is 2.01. The van der Waals surface area contributed by atoms with E-state index < -0.39 is 3.79 Å². The minimum atomic E-state index is -1.75. The Morgan fingerprint density at radius 1 is 1.00 bits per heavy atom. The summed E-state index contributed by atoms with van der Waals surface area (Å²) in [6.07, 6.45) is 1.53. The Bertz CT molecular complexity index is 892. The van der Waals surface area contributed by atoms with Gasteiger partial charge in [0.2, 0.25) is 3.79 Å². The van der Waals surface area contributed by atoms with Crippen molar-refractivity contribution in [1.29, 1.82) is 0 Å². The molecule has 1 aromatic heterocycles. The van der Waals surface area contributed by atoms with Gasteiger partial charge in [-0.2, -0.15) is 5.10 Å². The molecule has 0 saturated heterocycles. The molecule has 8 heteroatoms. The largest absolute Gasteiger partial charge is 0.261 e. The third-order valence-corrected chi connectivity index (χ3v) is 3.62. The number of hydrogen-bond donors (Lipinski definition) is 1. The maximum atomic E-state index is 12.9. The van der Waals surface area contributed by atoms with E-state index in [4.69, 9.17) is 34.8 Å². The highest BCUT2D eigenvalue weighted by atomic mass is 35.6. The number of nitrogens with zero attached hydrogens (tertiary/aromatic N) is 3. The Kier molecular flexibility index (Phi) is 4.85. The number of alkyl halides is 3. The molecule has 0 bridgehead atoms. The quantitative estimate of drug-likeness (QED) is 0.391. The zero-order chi connectivity index (χ0) is 17.2. The average molecular weight is 384 g/mol. The third kappa shape index (κ3) is 3.93. The van der Waals surface area contributed by atoms with E-state index in [1.165, 1.54) is 18.3 Å². The monoisotopic (exact) mass is 382 g/mol. The summed E-state index contributed by atoms with van der Waals surface area (Å²) in [6, 6.07) is 13.2. The zero-order valence-electron chi connectivity index (χ0n) is 12.0. The van der Waals surface area contributed by atoms with Crippen LogP contribution in [0.3, 0.4) is 0 Å². The first-order valence-electron chi connectivity index (χ1n) is 6.82. The maximum Gasteiger partial charge on any atom is 0.250 e. The van der Waals surface area contributed by atoms with Crippen LogP contribution < -0.4 is 5.43 Å². The highest BCUT2D eigenvalue weighted by molar-refractivity contribution is 6.66. The molecule has 2 aromatic carbocycles. The molecule has 0 fully saturated rings. The molecule has 0 radical (unpaired) electrons. The first kappa shape index (κ1) is 16.9. The number of benzene rings is 2. The van der Waals surface area contributed by atoms with Gasteiger partial charge in [0, 0.05) is 5.39 Å². The lowest BCUT2D eigenvalue weighted by Crippen LogP contribution is -2.09. The Labute approximate surface area is 152 Å². The molecule has 0 atom stereocenters. The van der Waals surface area contributed by atoms with Crippen LogP contribution in [0.4, 0.5) is 10.2 Å². The Hall–Kier alpha value is -1.95. The molecule has 1 N–H and O–H groups in total. The van der Waals surface area contributed by atoms with E-state index >= 15 is 0 Å². The minimum Gasteiger partial charge on any atom is -0.261 e. The standard InChI is InChI=1S/C16H10Cl3FN4/c17-16(18,19)15-22-13-4-2-1-3-12(13)14(23-15)24-21-9-10-5-7-11(20)8-6-10/h1-9H,(H,22,23,24)/b21-9+. The lowest BCUT2D eigenvalue weighted by Gasteiger charge is -2.12. The summed E-state index contributed by atoms with van der Waals surface area (Å²) >= 11 is 17.6. The summed E-state index contributed by atoms with van der Waals surface area (Å²) in [4.78, 5) is 8.47. The van der Waals surface area contributed by atoms with Crippen LogP contribution in [0, 0.1) is 5.82 Å². The lowest BCUT2D eigenvalue weighted by molar-refractivity contribution is 0.628. The summed E-state index contributed by atoms with van der Waals surface area (Å²) in [5, 5.41) is 4.83. The predicted octanol–water partition coefficient (Wildman–Crippen LogP) is 5.04. The van der Waals surface area contributed by atoms with E-state index in [1.54, 1.807) is 18.2 Å². The second-order valence-electron chi connectivity index (χ2n) is 4.83. The van der Waals surface area contributed by atoms with Crippen molar-refractivity contribution in [2.45, 2.75) is 3.79 Å². The van der Waals surface area contributed by atoms with Gasteiger partial charge in [-0.1, -0.05) is 59.1 Å². The smallest absolute Gasteiger partial charge is 0.250 e. The van der Waals surface area contributed by atoms with Gasteiger partial charge in [-0.05, 0) is 29.8 Å². The van der Waals surface area contributed by atoms with Gasteiger partial charge in [0.1, 0.15) is 5.82 Å². The van der Waals surface area contributed by atoms with Crippen molar-refractivity contribution in [1.82, 2.24) is 9.97 Å². The molecular weight excluding hydrogens is 374 g/mol. The summed E-state index contributed by atoms with van der Waals surface area (Å²) in [5.74, 6) is 0.139. The van der Waals surface area contributed by atoms with Crippen LogP contribution >= 0.6 is 34.8 Å². The van der Waals surface area contributed by atoms with Gasteiger partial charge < -0.3 is 0 Å². The fourth-order valence-corrected chi connectivity index (χ4v) is 2.26. The fraction of sp³-hybridized carbons (Fsp3) is 0.0625. The topological polar surface area (TPSA) is 50.2 Å². The second-order valence-corrected chi connectivity index (χ2v) is 7.11. The number of para-hydroxylation sites is 1. The van der Waals surface area contributed by atoms with Gasteiger partial charge in [0.05, 0.1) is 11.7 Å². The van der Waals surface area contributed by atoms with E-state index in [9.17, 15) is 4.39 Å². The van der Waals surface area contributed by atoms with Crippen LogP contribution in [0.2, 0.25) is 0 Å². The van der Waals surface area contributed by atoms with Gasteiger partial charge in [-0.3, -0.25) is 5.43 Å². The SMILES string of the molecule is Fc1ccc(/C=N/Nc2nc(C(Cl)(Cl)Cl)nc3ccccc23)cc1. The molecule has 24 heavy (non-hydrogen) atoms. The van der Waals surface area contributed by atoms with Crippen LogP contribution in [-0.4, -0.2) is 16.2 Å². The molecule has 0 spiro atoms. The summed E-state index contributed by atoms with van der Waals surface area (Å²) in [7, 11) is 0. The van der Waals surface area contributed by atoms with E-state index in [0.29, 0.717) is 11.3 Å². The molecule has 3 rings (SSSR count). The van der Waals surface area contributed by atoms with Crippen molar-refractivity contribution in [2.75, 3.05) is 5.43 Å². The number of aromatic nitrogens is 2. The minimum absolute atomic E-state index is 0.0469. The van der Waals surface area contributed by atoms with Crippen molar-refractivity contribution in [3.63, 3.8) is 0 Å². The van der Waals surface area contributed by atoms with E-state index in [-0.39, 0.29) is 11.6 Å². The van der Waals surface area contributed by atoms with Crippen molar-refractivity contribution >= 4 is 57.7 Å². The maximum absolute atomic E-state index is 12.9. The molecular formula is C16H10Cl3FN4. The molecule has 4 nitrogen and oxygen atoms in total. The summed E-state index contributed by atoms with van der Waals surface area (Å²) < 4.78 is 11.1. The van der Waals surface area contributed by atoms with Gasteiger partial charge in [-0.25, -0.2) is 14.4 Å². The van der Waals surface area contributed by atoms with Gasteiger partial charge >= 0.3 is 0 Å². The molecule has 0 amide bonds. The molecule has 3 aromatic rings. The summed E-state index contributed by atoms with van der Waals surface area (Å²) in [5.41, 5.74) is 4.16. The average Bonchev–Trinajstić information content (AvgIpc) is 2.55. The molecule has 0 aliphatic carbocycles. The van der Waals surface area contributed by atoms with Crippen molar-refractivity contribution in [3.8, 4) is 0 Å². The predicted molar refractivity (Wildman–Crippen MR) is 96.4 cm³/mol. The first-order chi connectivity index (χ1) is 11.4. The highest BCUT2D eigenvalue weighted by Gasteiger charge is 2.28. The first-order valence-corrected chi connectivity index (χ1v) is 7.95. The van der Waals surface area contributed by atoms with E-state index in [0.717, 1.165) is 10.9 Å². The number of hydrazone groups is 1. The van der Waals surface area contributed by atoms with E-state index in [1.807, 2.05) is 18.2 Å². The third-order valence-electron chi connectivity index (χ3n) is 3.11. The number of anilines is 1. The molecule has 0 saturated carbocycles. The van der Waals surface area contributed by atoms with Crippen LogP contribution in [-0.2, 0) is 3.79 Å². The Balaban J connectivity index is 1.94. The van der Waals surface area contributed by atoms with Crippen LogP contribution in [0.25, 0.3) is 10.9 Å². The number of nitrogens with one attached hydrogen (secondary N) is 1. The highest BCUT2D eigenvalue weighted by Crippen LogP contribution is 2.37. The van der Waals surface area contributed by atoms with Crippen LogP contribution in [0.5, 0.6) is 0 Å². The summed E-state index contributed by atoms with van der Waals surface area (Å²) in [6.45, 7) is 0. The number of hydrogen-bond acceptors (Lipinski definition) is 4. The second kappa shape index (κ2) is 6.89.